The normalized spacial score (nSPS) is 17.4. The molecular formula is C16H20N2O2. The van der Waals surface area contributed by atoms with Crippen LogP contribution in [0.2, 0.25) is 0 Å². The van der Waals surface area contributed by atoms with Crippen LogP contribution in [-0.2, 0) is 9.53 Å². The molecule has 4 nitrogen and oxygen atoms in total. The second-order valence-corrected chi connectivity index (χ2v) is 5.42. The number of hydrogen-bond acceptors (Lipinski definition) is 3. The molecule has 4 heteroatoms. The molecule has 0 spiro atoms. The molecule has 0 amide bonds. The summed E-state index contributed by atoms with van der Waals surface area (Å²) >= 11 is 0. The van der Waals surface area contributed by atoms with Gasteiger partial charge in [-0.05, 0) is 43.5 Å². The largest absolute Gasteiger partial charge is 0.468 e. The van der Waals surface area contributed by atoms with Crippen LogP contribution in [0.3, 0.4) is 0 Å². The molecule has 1 N–H and O–H groups in total. The standard InChI is InChI=1S/C16H20N2O2/c1-20-16(19)11-18-8-6-12(7-9-18)14-10-17-15-5-3-2-4-13(14)15/h2-5,10,12,17H,6-9,11H2,1H3. The highest BCUT2D eigenvalue weighted by atomic mass is 16.5. The molecule has 3 rings (SSSR count). The molecule has 1 aromatic carbocycles. The van der Waals surface area contributed by atoms with E-state index in [1.807, 2.05) is 0 Å². The van der Waals surface area contributed by atoms with E-state index in [-0.39, 0.29) is 5.97 Å². The Bertz CT molecular complexity index is 597. The number of fused-ring (bicyclic) bond motifs is 1. The van der Waals surface area contributed by atoms with Crippen molar-refractivity contribution in [3.63, 3.8) is 0 Å². The Hall–Kier alpha value is -1.81. The highest BCUT2D eigenvalue weighted by Crippen LogP contribution is 2.32. The zero-order valence-electron chi connectivity index (χ0n) is 11.8. The first-order valence-corrected chi connectivity index (χ1v) is 7.13. The molecule has 2 aromatic rings. The van der Waals surface area contributed by atoms with Crippen molar-refractivity contribution in [1.82, 2.24) is 9.88 Å². The van der Waals surface area contributed by atoms with Crippen LogP contribution < -0.4 is 0 Å². The summed E-state index contributed by atoms with van der Waals surface area (Å²) in [6.07, 6.45) is 4.34. The first-order valence-electron chi connectivity index (χ1n) is 7.13. The molecule has 1 saturated heterocycles. The molecule has 106 valence electrons. The fraction of sp³-hybridized carbons (Fsp3) is 0.438. The third-order valence-electron chi connectivity index (χ3n) is 4.23. The number of carbonyl (C=O) groups is 1. The van der Waals surface area contributed by atoms with Gasteiger partial charge in [0.1, 0.15) is 0 Å². The maximum absolute atomic E-state index is 11.3. The van der Waals surface area contributed by atoms with Crippen molar-refractivity contribution in [2.75, 3.05) is 26.7 Å². The van der Waals surface area contributed by atoms with Crippen molar-refractivity contribution in [3.8, 4) is 0 Å². The second-order valence-electron chi connectivity index (χ2n) is 5.42. The number of carbonyl (C=O) groups excluding carboxylic acids is 1. The lowest BCUT2D eigenvalue weighted by molar-refractivity contribution is -0.142. The number of nitrogens with one attached hydrogen (secondary N) is 1. The van der Waals surface area contributed by atoms with E-state index in [4.69, 9.17) is 4.74 Å². The van der Waals surface area contributed by atoms with Gasteiger partial charge in [0.2, 0.25) is 0 Å². The van der Waals surface area contributed by atoms with Crippen LogP contribution in [0.1, 0.15) is 24.3 Å². The summed E-state index contributed by atoms with van der Waals surface area (Å²) in [5.74, 6) is 0.440. The molecule has 0 saturated carbocycles. The smallest absolute Gasteiger partial charge is 0.319 e. The van der Waals surface area contributed by atoms with Crippen molar-refractivity contribution in [2.45, 2.75) is 18.8 Å². The number of aromatic amines is 1. The van der Waals surface area contributed by atoms with E-state index in [1.54, 1.807) is 0 Å². The van der Waals surface area contributed by atoms with Crippen LogP contribution in [0.5, 0.6) is 0 Å². The van der Waals surface area contributed by atoms with Gasteiger partial charge in [-0.1, -0.05) is 18.2 Å². The van der Waals surface area contributed by atoms with Gasteiger partial charge >= 0.3 is 5.97 Å². The lowest BCUT2D eigenvalue weighted by Crippen LogP contribution is -2.37. The van der Waals surface area contributed by atoms with E-state index in [0.29, 0.717) is 12.5 Å². The van der Waals surface area contributed by atoms with Crippen LogP contribution in [-0.4, -0.2) is 42.6 Å². The van der Waals surface area contributed by atoms with E-state index >= 15 is 0 Å². The number of likely N-dealkylation sites (tertiary alicyclic amines) is 1. The highest BCUT2D eigenvalue weighted by Gasteiger charge is 2.23. The maximum atomic E-state index is 11.3. The summed E-state index contributed by atoms with van der Waals surface area (Å²) in [4.78, 5) is 16.8. The minimum Gasteiger partial charge on any atom is -0.468 e. The molecule has 0 unspecified atom stereocenters. The molecule has 1 aromatic heterocycles. The molecule has 0 atom stereocenters. The molecule has 1 fully saturated rings. The molecule has 2 heterocycles. The van der Waals surface area contributed by atoms with Gasteiger partial charge in [-0.25, -0.2) is 0 Å². The Balaban J connectivity index is 1.67. The van der Waals surface area contributed by atoms with Gasteiger partial charge in [0.15, 0.2) is 0 Å². The summed E-state index contributed by atoms with van der Waals surface area (Å²) in [5, 5.41) is 1.33. The number of piperidine rings is 1. The summed E-state index contributed by atoms with van der Waals surface area (Å²) in [5.41, 5.74) is 2.62. The number of ether oxygens (including phenoxy) is 1. The third-order valence-corrected chi connectivity index (χ3v) is 4.23. The Labute approximate surface area is 118 Å². The van der Waals surface area contributed by atoms with Crippen molar-refractivity contribution >= 4 is 16.9 Å². The highest BCUT2D eigenvalue weighted by molar-refractivity contribution is 5.83. The molecule has 0 bridgehead atoms. The average Bonchev–Trinajstić information content (AvgIpc) is 2.92. The zero-order chi connectivity index (χ0) is 13.9. The molecule has 20 heavy (non-hydrogen) atoms. The Morgan fingerprint density at radius 3 is 2.85 bits per heavy atom. The average molecular weight is 272 g/mol. The molecule has 0 radical (unpaired) electrons. The van der Waals surface area contributed by atoms with Crippen LogP contribution in [0.4, 0.5) is 0 Å². The number of para-hydroxylation sites is 1. The number of H-pyrrole nitrogens is 1. The quantitative estimate of drug-likeness (QED) is 0.873. The monoisotopic (exact) mass is 272 g/mol. The topological polar surface area (TPSA) is 45.3 Å². The molecule has 0 aliphatic carbocycles. The molecule has 1 aliphatic rings. The Kier molecular flexibility index (Phi) is 3.74. The minimum atomic E-state index is -0.143. The summed E-state index contributed by atoms with van der Waals surface area (Å²) in [6.45, 7) is 2.33. The summed E-state index contributed by atoms with van der Waals surface area (Å²) in [7, 11) is 1.45. The van der Waals surface area contributed by atoms with Crippen molar-refractivity contribution in [1.29, 1.82) is 0 Å². The van der Waals surface area contributed by atoms with Crippen LogP contribution in [0.25, 0.3) is 10.9 Å². The fourth-order valence-electron chi connectivity index (χ4n) is 3.08. The second kappa shape index (κ2) is 5.67. The number of benzene rings is 1. The first kappa shape index (κ1) is 13.2. The van der Waals surface area contributed by atoms with Gasteiger partial charge in [-0.15, -0.1) is 0 Å². The van der Waals surface area contributed by atoms with Gasteiger partial charge in [-0.2, -0.15) is 0 Å². The number of methoxy groups -OCH3 is 1. The lowest BCUT2D eigenvalue weighted by atomic mass is 9.89. The van der Waals surface area contributed by atoms with Crippen molar-refractivity contribution in [3.05, 3.63) is 36.0 Å². The van der Waals surface area contributed by atoms with Crippen molar-refractivity contribution < 1.29 is 9.53 Å². The number of esters is 1. The first-order chi connectivity index (χ1) is 9.78. The number of rotatable bonds is 3. The Morgan fingerprint density at radius 1 is 1.35 bits per heavy atom. The van der Waals surface area contributed by atoms with Crippen LogP contribution >= 0.6 is 0 Å². The van der Waals surface area contributed by atoms with Crippen LogP contribution in [0, 0.1) is 0 Å². The van der Waals surface area contributed by atoms with E-state index in [2.05, 4.69) is 40.3 Å². The van der Waals surface area contributed by atoms with Crippen LogP contribution in [0.15, 0.2) is 30.5 Å². The van der Waals surface area contributed by atoms with E-state index in [9.17, 15) is 4.79 Å². The summed E-state index contributed by atoms with van der Waals surface area (Å²) < 4.78 is 4.72. The minimum absolute atomic E-state index is 0.143. The van der Waals surface area contributed by atoms with Gasteiger partial charge in [0.05, 0.1) is 13.7 Å². The number of nitrogens with zero attached hydrogens (tertiary/aromatic N) is 1. The van der Waals surface area contributed by atoms with E-state index in [0.717, 1.165) is 25.9 Å². The SMILES string of the molecule is COC(=O)CN1CCC(c2c[nH]c3ccccc23)CC1. The number of hydrogen-bond donors (Lipinski definition) is 1. The predicted molar refractivity (Wildman–Crippen MR) is 78.7 cm³/mol. The van der Waals surface area contributed by atoms with E-state index in [1.165, 1.54) is 23.6 Å². The van der Waals surface area contributed by atoms with Gasteiger partial charge in [0.25, 0.3) is 0 Å². The number of aromatic nitrogens is 1. The molecular weight excluding hydrogens is 252 g/mol. The summed E-state index contributed by atoms with van der Waals surface area (Å²) in [6, 6.07) is 8.45. The zero-order valence-corrected chi connectivity index (χ0v) is 11.8. The Morgan fingerprint density at radius 2 is 2.10 bits per heavy atom. The lowest BCUT2D eigenvalue weighted by Gasteiger charge is -2.31. The predicted octanol–water partition coefficient (Wildman–Crippen LogP) is 2.52. The van der Waals surface area contributed by atoms with Gasteiger partial charge < -0.3 is 9.72 Å². The molecule has 1 aliphatic heterocycles. The maximum Gasteiger partial charge on any atom is 0.319 e. The fourth-order valence-corrected chi connectivity index (χ4v) is 3.08. The van der Waals surface area contributed by atoms with Gasteiger partial charge in [0, 0.05) is 17.1 Å². The van der Waals surface area contributed by atoms with Crippen molar-refractivity contribution in [2.24, 2.45) is 0 Å². The van der Waals surface area contributed by atoms with Gasteiger partial charge in [-0.3, -0.25) is 9.69 Å². The third kappa shape index (κ3) is 2.56. The van der Waals surface area contributed by atoms with E-state index < -0.39 is 0 Å².